The smallest absolute Gasteiger partial charge is 0.271 e. The normalized spacial score (nSPS) is 17.7. The van der Waals surface area contributed by atoms with Gasteiger partial charge in [0.1, 0.15) is 17.3 Å². The van der Waals surface area contributed by atoms with Crippen molar-refractivity contribution in [3.05, 3.63) is 83.1 Å². The number of hydrogen-bond donors (Lipinski definition) is 0. The van der Waals surface area contributed by atoms with Gasteiger partial charge in [-0.25, -0.2) is 13.1 Å². The zero-order valence-electron chi connectivity index (χ0n) is 24.7. The highest BCUT2D eigenvalue weighted by molar-refractivity contribution is 7.89. The maximum absolute atomic E-state index is 13.9. The lowest BCUT2D eigenvalue weighted by Crippen LogP contribution is -2.49. The molecule has 2 amide bonds. The second-order valence-electron chi connectivity index (χ2n) is 10.8. The molecule has 1 aliphatic heterocycles. The minimum atomic E-state index is -3.73. The highest BCUT2D eigenvalue weighted by Gasteiger charge is 2.40. The quantitative estimate of drug-likeness (QED) is 0.250. The molecule has 2 aliphatic rings. The van der Waals surface area contributed by atoms with Crippen LogP contribution in [0.3, 0.4) is 0 Å². The summed E-state index contributed by atoms with van der Waals surface area (Å²) in [6, 6.07) is 17.9. The van der Waals surface area contributed by atoms with Crippen LogP contribution in [-0.4, -0.2) is 58.3 Å². The summed E-state index contributed by atoms with van der Waals surface area (Å²) in [7, 11) is -3.73. The van der Waals surface area contributed by atoms with Crippen molar-refractivity contribution in [3.63, 3.8) is 0 Å². The molecule has 3 aromatic rings. The minimum absolute atomic E-state index is 0.0410. The van der Waals surface area contributed by atoms with Gasteiger partial charge >= 0.3 is 0 Å². The molecule has 5 rings (SSSR count). The fourth-order valence-electron chi connectivity index (χ4n) is 5.87. The van der Waals surface area contributed by atoms with E-state index in [1.807, 2.05) is 36.4 Å². The van der Waals surface area contributed by atoms with Gasteiger partial charge in [0.25, 0.3) is 11.8 Å². The van der Waals surface area contributed by atoms with Crippen LogP contribution in [0.1, 0.15) is 58.4 Å². The van der Waals surface area contributed by atoms with Gasteiger partial charge in [0, 0.05) is 42.0 Å². The molecule has 1 aliphatic carbocycles. The summed E-state index contributed by atoms with van der Waals surface area (Å²) in [6.45, 7) is 5.90. The molecule has 0 unspecified atom stereocenters. The van der Waals surface area contributed by atoms with Gasteiger partial charge < -0.3 is 0 Å². The van der Waals surface area contributed by atoms with Crippen molar-refractivity contribution < 1.29 is 18.0 Å². The highest BCUT2D eigenvalue weighted by atomic mass is 32.2. The summed E-state index contributed by atoms with van der Waals surface area (Å²) in [4.78, 5) is 28.7. The minimum Gasteiger partial charge on any atom is -0.271 e. The van der Waals surface area contributed by atoms with E-state index in [9.17, 15) is 23.3 Å². The molecule has 0 radical (unpaired) electrons. The Labute approximate surface area is 252 Å². The van der Waals surface area contributed by atoms with E-state index in [2.05, 4.69) is 0 Å². The second-order valence-corrected chi connectivity index (χ2v) is 12.7. The number of aromatic nitrogens is 2. The summed E-state index contributed by atoms with van der Waals surface area (Å²) < 4.78 is 29.8. The van der Waals surface area contributed by atoms with E-state index < -0.39 is 21.8 Å². The molecule has 1 aromatic heterocycles. The first-order chi connectivity index (χ1) is 20.7. The predicted molar refractivity (Wildman–Crippen MR) is 164 cm³/mol. The van der Waals surface area contributed by atoms with E-state index in [0.29, 0.717) is 48.3 Å². The van der Waals surface area contributed by atoms with E-state index >= 15 is 0 Å². The summed E-state index contributed by atoms with van der Waals surface area (Å²) in [6.07, 6.45) is 7.78. The number of carbonyl (C=O) groups excluding carboxylic acids is 2. The largest absolute Gasteiger partial charge is 0.271 e. The van der Waals surface area contributed by atoms with Crippen molar-refractivity contribution in [1.82, 2.24) is 19.0 Å². The van der Waals surface area contributed by atoms with E-state index in [-0.39, 0.29) is 22.1 Å². The van der Waals surface area contributed by atoms with Gasteiger partial charge in [-0.05, 0) is 55.7 Å². The summed E-state index contributed by atoms with van der Waals surface area (Å²) in [5, 5.41) is 14.8. The number of amides is 2. The third-order valence-electron chi connectivity index (χ3n) is 8.23. The molecule has 0 N–H and O–H groups in total. The molecule has 10 heteroatoms. The van der Waals surface area contributed by atoms with Crippen molar-refractivity contribution in [3.8, 4) is 23.0 Å². The Balaban J connectivity index is 1.68. The van der Waals surface area contributed by atoms with Crippen molar-refractivity contribution in [2.24, 2.45) is 0 Å². The molecule has 0 bridgehead atoms. The zero-order chi connectivity index (χ0) is 30.7. The number of para-hydroxylation sites is 1. The zero-order valence-corrected chi connectivity index (χ0v) is 25.5. The molecular formula is C33H35N5O4S. The third-order valence-corrected chi connectivity index (χ3v) is 10.3. The average Bonchev–Trinajstić information content (AvgIpc) is 3.45. The van der Waals surface area contributed by atoms with Gasteiger partial charge in [-0.1, -0.05) is 63.4 Å². The molecule has 222 valence electrons. The molecule has 2 aromatic carbocycles. The van der Waals surface area contributed by atoms with Gasteiger partial charge in [0.05, 0.1) is 10.6 Å². The van der Waals surface area contributed by atoms with Crippen LogP contribution < -0.4 is 0 Å². The molecule has 2 heterocycles. The lowest BCUT2D eigenvalue weighted by molar-refractivity contribution is -0.143. The molecule has 0 saturated heterocycles. The Morgan fingerprint density at radius 1 is 1.00 bits per heavy atom. The first-order valence-electron chi connectivity index (χ1n) is 14.7. The number of sulfonamides is 1. The van der Waals surface area contributed by atoms with Crippen molar-refractivity contribution >= 4 is 27.9 Å². The highest BCUT2D eigenvalue weighted by Crippen LogP contribution is 2.35. The van der Waals surface area contributed by atoms with Gasteiger partial charge in [0.2, 0.25) is 10.0 Å². The van der Waals surface area contributed by atoms with Gasteiger partial charge in [-0.15, -0.1) is 0 Å². The topological polar surface area (TPSA) is 116 Å². The predicted octanol–water partition coefficient (Wildman–Crippen LogP) is 5.49. The van der Waals surface area contributed by atoms with E-state index in [4.69, 9.17) is 5.10 Å². The lowest BCUT2D eigenvalue weighted by atomic mass is 9.88. The number of imide groups is 1. The Kier molecular flexibility index (Phi) is 8.76. The molecule has 0 atom stereocenters. The van der Waals surface area contributed by atoms with Crippen LogP contribution in [0.4, 0.5) is 0 Å². The third kappa shape index (κ3) is 5.70. The average molecular weight is 598 g/mol. The van der Waals surface area contributed by atoms with Crippen LogP contribution in [0.2, 0.25) is 0 Å². The van der Waals surface area contributed by atoms with Crippen LogP contribution >= 0.6 is 0 Å². The second kappa shape index (κ2) is 12.5. The molecule has 43 heavy (non-hydrogen) atoms. The van der Waals surface area contributed by atoms with Crippen LogP contribution in [-0.2, 0) is 19.6 Å². The lowest BCUT2D eigenvalue weighted by Gasteiger charge is -2.36. The van der Waals surface area contributed by atoms with Gasteiger partial charge in [0.15, 0.2) is 0 Å². The number of carbonyl (C=O) groups is 2. The first kappa shape index (κ1) is 30.1. The number of hydrogen-bond acceptors (Lipinski definition) is 6. The molecule has 0 spiro atoms. The Morgan fingerprint density at radius 3 is 2.35 bits per heavy atom. The van der Waals surface area contributed by atoms with E-state index in [1.165, 1.54) is 9.21 Å². The summed E-state index contributed by atoms with van der Waals surface area (Å²) in [5.74, 6) is -0.965. The number of nitrogens with zero attached hydrogens (tertiary/aromatic N) is 5. The van der Waals surface area contributed by atoms with E-state index in [1.54, 1.807) is 62.0 Å². The van der Waals surface area contributed by atoms with Crippen LogP contribution in [0, 0.1) is 11.3 Å². The molecular weight excluding hydrogens is 562 g/mol. The maximum atomic E-state index is 13.9. The monoisotopic (exact) mass is 597 g/mol. The fourth-order valence-corrected chi connectivity index (χ4v) is 7.38. The van der Waals surface area contributed by atoms with Crippen molar-refractivity contribution in [2.45, 2.75) is 63.8 Å². The van der Waals surface area contributed by atoms with Gasteiger partial charge in [-0.2, -0.15) is 14.7 Å². The Morgan fingerprint density at radius 2 is 1.70 bits per heavy atom. The summed E-state index contributed by atoms with van der Waals surface area (Å²) >= 11 is 0. The van der Waals surface area contributed by atoms with Crippen molar-refractivity contribution in [1.29, 1.82) is 5.26 Å². The van der Waals surface area contributed by atoms with E-state index in [0.717, 1.165) is 24.9 Å². The molecule has 9 nitrogen and oxygen atoms in total. The van der Waals surface area contributed by atoms with Crippen molar-refractivity contribution in [2.75, 3.05) is 13.1 Å². The number of nitriles is 1. The SMILES string of the molecule is CCN(CC)S(=O)(=O)c1cccc(-c2nn(-c3ccccc3)cc2/C=C2/C(=O)N(C3CCCCC3)C(=O)C(C#N)=C2C)c1. The van der Waals surface area contributed by atoms with Crippen LogP contribution in [0.5, 0.6) is 0 Å². The van der Waals surface area contributed by atoms with Crippen LogP contribution in [0.25, 0.3) is 23.0 Å². The number of benzene rings is 2. The standard InChI is InChI=1S/C33H35N5O4S/c1-4-36(5-2)43(41,42)28-18-12-13-24(19-28)31-25(22-37(35-31)26-14-8-6-9-15-26)20-29-23(3)30(21-34)33(40)38(32(29)39)27-16-10-7-11-17-27/h6,8-9,12-15,18-20,22,27H,4-5,7,10-11,16-17H2,1-3H3/b29-20+. The molecule has 1 fully saturated rings. The van der Waals surface area contributed by atoms with Crippen LogP contribution in [0.15, 0.2) is 82.4 Å². The first-order valence-corrected chi connectivity index (χ1v) is 16.1. The number of rotatable bonds is 8. The van der Waals surface area contributed by atoms with Gasteiger partial charge in [-0.3, -0.25) is 14.5 Å². The Bertz CT molecular complexity index is 1760. The maximum Gasteiger partial charge on any atom is 0.271 e. The molecule has 1 saturated carbocycles. The fraction of sp³-hybridized carbons (Fsp3) is 0.333. The Hall–Kier alpha value is -4.33. The summed E-state index contributed by atoms with van der Waals surface area (Å²) in [5.41, 5.74) is 2.89.